The number of hydrazine groups is 1. The molecule has 0 unspecified atom stereocenters. The van der Waals surface area contributed by atoms with E-state index >= 15 is 4.79 Å². The van der Waals surface area contributed by atoms with Crippen molar-refractivity contribution in [3.63, 3.8) is 0 Å². The number of aromatic nitrogens is 1. The maximum atomic E-state index is 15.2. The number of aromatic hydroxyl groups is 1. The van der Waals surface area contributed by atoms with E-state index in [-0.39, 0.29) is 42.0 Å². The summed E-state index contributed by atoms with van der Waals surface area (Å²) in [5, 5.41) is 11.2. The SMILES string of the molecule is COc1cc([C@H]2C3=CC[C@@H]4C(=O)N(C(C)(C)C)C(=O)[C@@H]4[C@@H]3C[C@H]3C(=O)N(Nc4ncc(C(F)(F)F)cc4Cl)C(=O)[C@@]23c2ccc(Cl)cc2)ccc1O. The van der Waals surface area contributed by atoms with Gasteiger partial charge in [-0.05, 0) is 81.0 Å². The second-order valence-electron chi connectivity index (χ2n) is 14.5. The average molecular weight is 758 g/mol. The lowest BCUT2D eigenvalue weighted by molar-refractivity contribution is -0.146. The van der Waals surface area contributed by atoms with E-state index in [4.69, 9.17) is 27.9 Å². The van der Waals surface area contributed by atoms with Crippen molar-refractivity contribution in [1.29, 1.82) is 0 Å². The van der Waals surface area contributed by atoms with Crippen LogP contribution in [0.2, 0.25) is 10.0 Å². The number of allylic oxidation sites excluding steroid dienone is 2. The molecular weight excluding hydrogens is 724 g/mol. The van der Waals surface area contributed by atoms with Crippen LogP contribution in [0.1, 0.15) is 56.2 Å². The number of likely N-dealkylation sites (tertiary alicyclic amines) is 1. The van der Waals surface area contributed by atoms with E-state index in [1.54, 1.807) is 57.2 Å². The number of imide groups is 2. The fraction of sp³-hybridized carbons (Fsp3) is 0.378. The van der Waals surface area contributed by atoms with E-state index in [2.05, 4.69) is 10.4 Å². The number of pyridine rings is 1. The third-order valence-electron chi connectivity index (χ3n) is 10.8. The summed E-state index contributed by atoms with van der Waals surface area (Å²) in [7, 11) is 1.37. The highest BCUT2D eigenvalue weighted by atomic mass is 35.5. The fourth-order valence-corrected chi connectivity index (χ4v) is 9.03. The van der Waals surface area contributed by atoms with Gasteiger partial charge in [-0.15, -0.1) is 0 Å². The molecule has 3 aromatic rings. The van der Waals surface area contributed by atoms with Gasteiger partial charge in [-0.25, -0.2) is 4.98 Å². The summed E-state index contributed by atoms with van der Waals surface area (Å²) in [6, 6.07) is 11.6. The minimum Gasteiger partial charge on any atom is -0.504 e. The van der Waals surface area contributed by atoms with E-state index in [9.17, 15) is 32.7 Å². The van der Waals surface area contributed by atoms with Crippen molar-refractivity contribution in [2.24, 2.45) is 23.7 Å². The topological polar surface area (TPSA) is 129 Å². The predicted molar refractivity (Wildman–Crippen MR) is 183 cm³/mol. The number of nitrogens with zero attached hydrogens (tertiary/aromatic N) is 3. The van der Waals surface area contributed by atoms with E-state index in [1.807, 2.05) is 6.08 Å². The Bertz CT molecular complexity index is 2070. The maximum Gasteiger partial charge on any atom is 0.417 e. The largest absolute Gasteiger partial charge is 0.504 e. The highest BCUT2D eigenvalue weighted by molar-refractivity contribution is 6.33. The molecule has 1 aromatic heterocycles. The Labute approximate surface area is 306 Å². The van der Waals surface area contributed by atoms with Gasteiger partial charge < -0.3 is 9.84 Å². The Hall–Kier alpha value is -4.62. The molecule has 2 aliphatic carbocycles. The molecule has 3 fully saturated rings. The average Bonchev–Trinajstić information content (AvgIpc) is 3.46. The van der Waals surface area contributed by atoms with Crippen LogP contribution in [0.15, 0.2) is 66.4 Å². The molecule has 2 aliphatic heterocycles. The number of nitrogens with one attached hydrogen (secondary N) is 1. The Morgan fingerprint density at radius 3 is 2.27 bits per heavy atom. The van der Waals surface area contributed by atoms with E-state index in [1.165, 1.54) is 18.1 Å². The molecule has 0 radical (unpaired) electrons. The molecule has 10 nitrogen and oxygen atoms in total. The van der Waals surface area contributed by atoms with Crippen molar-refractivity contribution in [1.82, 2.24) is 14.9 Å². The third-order valence-corrected chi connectivity index (χ3v) is 11.3. The molecule has 7 rings (SSSR count). The number of amides is 4. The smallest absolute Gasteiger partial charge is 0.417 e. The summed E-state index contributed by atoms with van der Waals surface area (Å²) in [5.74, 6) is -6.92. The van der Waals surface area contributed by atoms with Crippen molar-refractivity contribution in [2.45, 2.75) is 56.7 Å². The number of benzene rings is 2. The highest BCUT2D eigenvalue weighted by Gasteiger charge is 2.70. The number of fused-ring (bicyclic) bond motifs is 4. The van der Waals surface area contributed by atoms with Gasteiger partial charge >= 0.3 is 6.18 Å². The third kappa shape index (κ3) is 5.26. The van der Waals surface area contributed by atoms with Crippen molar-refractivity contribution in [2.75, 3.05) is 12.5 Å². The molecule has 0 bridgehead atoms. The van der Waals surface area contributed by atoms with Crippen molar-refractivity contribution in [3.8, 4) is 11.5 Å². The number of methoxy groups -OCH3 is 1. The molecule has 6 atom stereocenters. The van der Waals surface area contributed by atoms with E-state index in [0.717, 1.165) is 5.01 Å². The van der Waals surface area contributed by atoms with Crippen molar-refractivity contribution >= 4 is 52.6 Å². The van der Waals surface area contributed by atoms with Gasteiger partial charge in [0.15, 0.2) is 17.3 Å². The van der Waals surface area contributed by atoms with E-state index in [0.29, 0.717) is 34.0 Å². The van der Waals surface area contributed by atoms with E-state index < -0.39 is 69.1 Å². The molecule has 4 aliphatic rings. The number of rotatable bonds is 5. The van der Waals surface area contributed by atoms with Crippen LogP contribution in [0.4, 0.5) is 19.0 Å². The van der Waals surface area contributed by atoms with Crippen LogP contribution in [0, 0.1) is 23.7 Å². The van der Waals surface area contributed by atoms with Gasteiger partial charge in [-0.1, -0.05) is 53.1 Å². The summed E-state index contributed by atoms with van der Waals surface area (Å²) < 4.78 is 45.8. The number of carbonyl (C=O) groups is 4. The second kappa shape index (κ2) is 12.2. The zero-order valence-corrected chi connectivity index (χ0v) is 29.8. The molecule has 2 aromatic carbocycles. The first kappa shape index (κ1) is 35.8. The summed E-state index contributed by atoms with van der Waals surface area (Å²) >= 11 is 12.5. The standard InChI is InChI=1S/C37H33Cl2F3N4O6/c1-35(2,3)45-31(48)22-11-10-21-23(28(22)33(45)50)15-24-32(49)46(44-30-25(39)14-19(16-43-30)37(40,41)42)34(51)36(24,18-6-8-20(38)9-7-18)29(21)17-5-12-26(47)27(13-17)52-4/h5-10,12-14,16,22-24,28-29,47H,11,15H2,1-4H3,(H,43,44)/t22-,23+,24-,28-,29-,36+/m0/s1. The predicted octanol–water partition coefficient (Wildman–Crippen LogP) is 6.90. The Balaban J connectivity index is 1.45. The Morgan fingerprint density at radius 1 is 0.962 bits per heavy atom. The first-order chi connectivity index (χ1) is 24.4. The molecular formula is C37H33Cl2F3N4O6. The van der Waals surface area contributed by atoms with Gasteiger partial charge in [0.25, 0.3) is 11.8 Å². The van der Waals surface area contributed by atoms with Crippen LogP contribution in [0.5, 0.6) is 11.5 Å². The van der Waals surface area contributed by atoms with Gasteiger partial charge in [-0.3, -0.25) is 29.5 Å². The second-order valence-corrected chi connectivity index (χ2v) is 15.4. The number of hydrogen-bond donors (Lipinski definition) is 2. The van der Waals surface area contributed by atoms with Gasteiger partial charge in [0.2, 0.25) is 11.8 Å². The number of halogens is 5. The van der Waals surface area contributed by atoms with Crippen LogP contribution in [-0.4, -0.2) is 56.3 Å². The quantitative estimate of drug-likeness (QED) is 0.213. The van der Waals surface area contributed by atoms with Crippen LogP contribution < -0.4 is 10.2 Å². The molecule has 15 heteroatoms. The number of alkyl halides is 3. The summed E-state index contributed by atoms with van der Waals surface area (Å²) in [6.45, 7) is 5.32. The number of anilines is 1. The van der Waals surface area contributed by atoms with Gasteiger partial charge in [0.1, 0.15) is 0 Å². The molecule has 1 saturated carbocycles. The zero-order valence-electron chi connectivity index (χ0n) is 28.3. The fourth-order valence-electron chi connectivity index (χ4n) is 8.69. The molecule has 52 heavy (non-hydrogen) atoms. The minimum absolute atomic E-state index is 0.0186. The van der Waals surface area contributed by atoms with Crippen LogP contribution >= 0.6 is 23.2 Å². The lowest BCUT2D eigenvalue weighted by Crippen LogP contribution is -2.53. The van der Waals surface area contributed by atoms with Crippen molar-refractivity contribution in [3.05, 3.63) is 93.1 Å². The number of hydrogen-bond acceptors (Lipinski definition) is 8. The number of phenols is 1. The molecule has 4 amide bonds. The lowest BCUT2D eigenvalue weighted by atomic mass is 9.49. The Morgan fingerprint density at radius 2 is 1.65 bits per heavy atom. The molecule has 272 valence electrons. The molecule has 3 heterocycles. The summed E-state index contributed by atoms with van der Waals surface area (Å²) in [6.07, 6.45) is -2.14. The minimum atomic E-state index is -4.75. The van der Waals surface area contributed by atoms with Crippen LogP contribution in [0.3, 0.4) is 0 Å². The van der Waals surface area contributed by atoms with Crippen LogP contribution in [0.25, 0.3) is 0 Å². The summed E-state index contributed by atoms with van der Waals surface area (Å²) in [4.78, 5) is 63.1. The highest BCUT2D eigenvalue weighted by Crippen LogP contribution is 2.64. The van der Waals surface area contributed by atoms with Gasteiger partial charge in [0.05, 0.1) is 40.9 Å². The number of carbonyl (C=O) groups excluding carboxylic acids is 4. The van der Waals surface area contributed by atoms with Gasteiger partial charge in [0, 0.05) is 22.7 Å². The lowest BCUT2D eigenvalue weighted by Gasteiger charge is -2.50. The molecule has 2 saturated heterocycles. The van der Waals surface area contributed by atoms with Crippen molar-refractivity contribution < 1.29 is 42.2 Å². The summed E-state index contributed by atoms with van der Waals surface area (Å²) in [5.41, 5.74) is 0.481. The number of ether oxygens (including phenoxy) is 1. The first-order valence-corrected chi connectivity index (χ1v) is 17.2. The molecule has 0 spiro atoms. The van der Waals surface area contributed by atoms with Crippen LogP contribution in [-0.2, 0) is 30.8 Å². The normalized spacial score (nSPS) is 27.3. The first-order valence-electron chi connectivity index (χ1n) is 16.5. The van der Waals surface area contributed by atoms with Gasteiger partial charge in [-0.2, -0.15) is 18.2 Å². The molecule has 2 N–H and O–H groups in total. The number of phenolic OH excluding ortho intramolecular Hbond substituents is 1. The maximum absolute atomic E-state index is 15.2. The zero-order chi connectivity index (χ0) is 37.7. The monoisotopic (exact) mass is 756 g/mol. The Kier molecular flexibility index (Phi) is 8.41.